The van der Waals surface area contributed by atoms with Crippen LogP contribution in [-0.4, -0.2) is 11.9 Å². The minimum absolute atomic E-state index is 0.322. The Balaban J connectivity index is 1.70. The molecular weight excluding hydrogens is 186 g/mol. The Morgan fingerprint density at radius 3 is 2.13 bits per heavy atom. The number of amides is 1. The molecule has 0 unspecified atom stereocenters. The van der Waals surface area contributed by atoms with Crippen LogP contribution in [0.1, 0.15) is 52.4 Å². The van der Waals surface area contributed by atoms with E-state index in [1.165, 1.54) is 25.7 Å². The molecule has 86 valence electrons. The molecule has 2 nitrogen and oxygen atoms in total. The number of carbonyl (C=O) groups is 1. The summed E-state index contributed by atoms with van der Waals surface area (Å²) in [5, 5.41) is 3.20. The highest BCUT2D eigenvalue weighted by atomic mass is 16.2. The summed E-state index contributed by atoms with van der Waals surface area (Å²) < 4.78 is 0. The summed E-state index contributed by atoms with van der Waals surface area (Å²) in [6, 6.07) is 0.480. The second-order valence-electron chi connectivity index (χ2n) is 5.64. The smallest absolute Gasteiger partial charge is 0.223 e. The van der Waals surface area contributed by atoms with Gasteiger partial charge in [0.15, 0.2) is 0 Å². The van der Waals surface area contributed by atoms with Crippen LogP contribution in [0.5, 0.6) is 0 Å². The molecule has 2 aliphatic rings. The Hall–Kier alpha value is -0.530. The second-order valence-corrected chi connectivity index (χ2v) is 5.64. The summed E-state index contributed by atoms with van der Waals surface area (Å²) in [6.45, 7) is 4.63. The zero-order chi connectivity index (χ0) is 10.8. The van der Waals surface area contributed by atoms with Gasteiger partial charge >= 0.3 is 0 Å². The van der Waals surface area contributed by atoms with Gasteiger partial charge in [0.25, 0.3) is 0 Å². The lowest BCUT2D eigenvalue weighted by molar-refractivity contribution is -0.123. The molecule has 0 atom stereocenters. The number of carbonyl (C=O) groups excluding carboxylic acids is 1. The molecule has 0 aromatic carbocycles. The highest BCUT2D eigenvalue weighted by molar-refractivity contribution is 5.81. The third-order valence-electron chi connectivity index (χ3n) is 4.01. The van der Waals surface area contributed by atoms with Crippen molar-refractivity contribution in [2.24, 2.45) is 17.8 Å². The van der Waals surface area contributed by atoms with Crippen LogP contribution in [0.25, 0.3) is 0 Å². The predicted octanol–water partition coefficient (Wildman–Crippen LogP) is 2.73. The van der Waals surface area contributed by atoms with Crippen molar-refractivity contribution in [3.05, 3.63) is 0 Å². The number of hydrogen-bond donors (Lipinski definition) is 1. The molecule has 2 saturated carbocycles. The first-order chi connectivity index (χ1) is 7.16. The van der Waals surface area contributed by atoms with Crippen molar-refractivity contribution in [3.8, 4) is 0 Å². The van der Waals surface area contributed by atoms with Crippen LogP contribution in [0.4, 0.5) is 0 Å². The first-order valence-electron chi connectivity index (χ1n) is 6.47. The monoisotopic (exact) mass is 209 g/mol. The van der Waals surface area contributed by atoms with Crippen LogP contribution in [-0.2, 0) is 4.79 Å². The van der Waals surface area contributed by atoms with E-state index in [4.69, 9.17) is 0 Å². The van der Waals surface area contributed by atoms with Crippen LogP contribution >= 0.6 is 0 Å². The van der Waals surface area contributed by atoms with Gasteiger partial charge in [0, 0.05) is 12.0 Å². The molecule has 0 aliphatic heterocycles. The largest absolute Gasteiger partial charge is 0.353 e. The molecule has 2 fully saturated rings. The van der Waals surface area contributed by atoms with Crippen molar-refractivity contribution in [2.75, 3.05) is 0 Å². The molecule has 0 bridgehead atoms. The van der Waals surface area contributed by atoms with Gasteiger partial charge in [0.05, 0.1) is 0 Å². The SMILES string of the molecule is CC(C)C1CCC(NC(=O)C2CC2)CC1. The Labute approximate surface area is 92.8 Å². The summed E-state index contributed by atoms with van der Waals surface area (Å²) in [5.41, 5.74) is 0. The molecule has 0 aromatic heterocycles. The van der Waals surface area contributed by atoms with Crippen LogP contribution < -0.4 is 5.32 Å². The van der Waals surface area contributed by atoms with E-state index in [1.54, 1.807) is 0 Å². The van der Waals surface area contributed by atoms with E-state index in [9.17, 15) is 4.79 Å². The van der Waals surface area contributed by atoms with E-state index >= 15 is 0 Å². The fourth-order valence-electron chi connectivity index (χ4n) is 2.59. The van der Waals surface area contributed by atoms with Crippen molar-refractivity contribution >= 4 is 5.91 Å². The molecule has 15 heavy (non-hydrogen) atoms. The summed E-state index contributed by atoms with van der Waals surface area (Å²) in [6.07, 6.45) is 7.23. The highest BCUT2D eigenvalue weighted by Crippen LogP contribution is 2.32. The van der Waals surface area contributed by atoms with Gasteiger partial charge < -0.3 is 5.32 Å². The van der Waals surface area contributed by atoms with Gasteiger partial charge in [-0.3, -0.25) is 4.79 Å². The molecule has 2 aliphatic carbocycles. The van der Waals surface area contributed by atoms with E-state index in [1.807, 2.05) is 0 Å². The van der Waals surface area contributed by atoms with Gasteiger partial charge in [-0.1, -0.05) is 13.8 Å². The second kappa shape index (κ2) is 4.54. The summed E-state index contributed by atoms with van der Waals surface area (Å²) in [7, 11) is 0. The lowest BCUT2D eigenvalue weighted by Gasteiger charge is -2.31. The van der Waals surface area contributed by atoms with E-state index < -0.39 is 0 Å². The van der Waals surface area contributed by atoms with Crippen LogP contribution in [0, 0.1) is 17.8 Å². The Bertz CT molecular complexity index is 225. The zero-order valence-corrected chi connectivity index (χ0v) is 9.96. The molecule has 2 heteroatoms. The maximum atomic E-state index is 11.6. The molecule has 1 amide bonds. The fraction of sp³-hybridized carbons (Fsp3) is 0.923. The first-order valence-corrected chi connectivity index (χ1v) is 6.47. The quantitative estimate of drug-likeness (QED) is 0.761. The van der Waals surface area contributed by atoms with Crippen LogP contribution in [0.2, 0.25) is 0 Å². The fourth-order valence-corrected chi connectivity index (χ4v) is 2.59. The van der Waals surface area contributed by atoms with Gasteiger partial charge in [0.2, 0.25) is 5.91 Å². The van der Waals surface area contributed by atoms with Gasteiger partial charge in [-0.15, -0.1) is 0 Å². The average molecular weight is 209 g/mol. The van der Waals surface area contributed by atoms with Crippen molar-refractivity contribution < 1.29 is 4.79 Å². The summed E-state index contributed by atoms with van der Waals surface area (Å²) >= 11 is 0. The predicted molar refractivity (Wildman–Crippen MR) is 61.5 cm³/mol. The Morgan fingerprint density at radius 2 is 1.67 bits per heavy atom. The minimum atomic E-state index is 0.322. The molecule has 0 radical (unpaired) electrons. The molecule has 1 N–H and O–H groups in total. The van der Waals surface area contributed by atoms with Gasteiger partial charge in [0.1, 0.15) is 0 Å². The van der Waals surface area contributed by atoms with Gasteiger partial charge in [-0.2, -0.15) is 0 Å². The maximum Gasteiger partial charge on any atom is 0.223 e. The van der Waals surface area contributed by atoms with E-state index in [0.717, 1.165) is 24.7 Å². The van der Waals surface area contributed by atoms with E-state index in [0.29, 0.717) is 17.9 Å². The first kappa shape index (κ1) is 11.0. The minimum Gasteiger partial charge on any atom is -0.353 e. The lowest BCUT2D eigenvalue weighted by Crippen LogP contribution is -2.39. The topological polar surface area (TPSA) is 29.1 Å². The van der Waals surface area contributed by atoms with Crippen LogP contribution in [0.15, 0.2) is 0 Å². The van der Waals surface area contributed by atoms with Gasteiger partial charge in [-0.05, 0) is 50.4 Å². The lowest BCUT2D eigenvalue weighted by atomic mass is 9.79. The number of hydrogen-bond acceptors (Lipinski definition) is 1. The zero-order valence-electron chi connectivity index (χ0n) is 9.96. The molecule has 0 spiro atoms. The van der Waals surface area contributed by atoms with Crippen molar-refractivity contribution in [1.82, 2.24) is 5.32 Å². The molecule has 0 saturated heterocycles. The van der Waals surface area contributed by atoms with Crippen molar-refractivity contribution in [2.45, 2.75) is 58.4 Å². The maximum absolute atomic E-state index is 11.6. The van der Waals surface area contributed by atoms with Crippen molar-refractivity contribution in [1.29, 1.82) is 0 Å². The number of nitrogens with one attached hydrogen (secondary N) is 1. The van der Waals surface area contributed by atoms with E-state index in [-0.39, 0.29) is 0 Å². The summed E-state index contributed by atoms with van der Waals surface area (Å²) in [4.78, 5) is 11.6. The molecular formula is C13H23NO. The highest BCUT2D eigenvalue weighted by Gasteiger charge is 2.32. The Kier molecular flexibility index (Phi) is 3.32. The van der Waals surface area contributed by atoms with Crippen molar-refractivity contribution in [3.63, 3.8) is 0 Å². The van der Waals surface area contributed by atoms with Crippen LogP contribution in [0.3, 0.4) is 0 Å². The number of rotatable bonds is 3. The van der Waals surface area contributed by atoms with E-state index in [2.05, 4.69) is 19.2 Å². The average Bonchev–Trinajstić information content (AvgIpc) is 3.01. The molecule has 2 rings (SSSR count). The Morgan fingerprint density at radius 1 is 1.07 bits per heavy atom. The van der Waals surface area contributed by atoms with Gasteiger partial charge in [-0.25, -0.2) is 0 Å². The molecule has 0 heterocycles. The summed E-state index contributed by atoms with van der Waals surface area (Å²) in [5.74, 6) is 2.39. The normalized spacial score (nSPS) is 31.7. The third kappa shape index (κ3) is 2.96. The molecule has 0 aromatic rings. The standard InChI is InChI=1S/C13H23NO/c1-9(2)10-5-7-12(8-6-10)14-13(15)11-3-4-11/h9-12H,3-8H2,1-2H3,(H,14,15). The third-order valence-corrected chi connectivity index (χ3v) is 4.01.